The molecule has 8 nitrogen and oxygen atoms in total. The summed E-state index contributed by atoms with van der Waals surface area (Å²) in [7, 11) is 3.51. The second kappa shape index (κ2) is 9.29. The van der Waals surface area contributed by atoms with E-state index in [-0.39, 0.29) is 5.91 Å². The van der Waals surface area contributed by atoms with Crippen molar-refractivity contribution in [3.8, 4) is 0 Å². The Hall–Kier alpha value is -2.90. The van der Waals surface area contributed by atoms with Crippen LogP contribution in [-0.2, 0) is 24.9 Å². The maximum absolute atomic E-state index is 11.8. The van der Waals surface area contributed by atoms with Gasteiger partial charge < -0.3 is 16.0 Å². The predicted molar refractivity (Wildman–Crippen MR) is 92.1 cm³/mol. The van der Waals surface area contributed by atoms with Crippen LogP contribution in [0.1, 0.15) is 17.8 Å². The summed E-state index contributed by atoms with van der Waals surface area (Å²) < 4.78 is 1.69. The molecule has 8 heteroatoms. The lowest BCUT2D eigenvalue weighted by molar-refractivity contribution is -0.121. The van der Waals surface area contributed by atoms with Crippen LogP contribution in [0.3, 0.4) is 0 Å². The molecule has 24 heavy (non-hydrogen) atoms. The highest BCUT2D eigenvalue weighted by atomic mass is 16.1. The number of benzene rings is 1. The molecule has 0 saturated carbocycles. The quantitative estimate of drug-likeness (QED) is 0.498. The monoisotopic (exact) mass is 329 g/mol. The number of guanidine groups is 1. The van der Waals surface area contributed by atoms with E-state index in [1.807, 2.05) is 37.4 Å². The third kappa shape index (κ3) is 5.71. The van der Waals surface area contributed by atoms with E-state index in [0.717, 1.165) is 11.4 Å². The molecule has 0 spiro atoms. The average Bonchev–Trinajstić information content (AvgIpc) is 3.02. The Morgan fingerprint density at radius 1 is 1.17 bits per heavy atom. The van der Waals surface area contributed by atoms with Crippen LogP contribution in [0.4, 0.5) is 0 Å². The zero-order valence-electron chi connectivity index (χ0n) is 14.0. The molecule has 0 saturated heterocycles. The van der Waals surface area contributed by atoms with Gasteiger partial charge in [0.25, 0.3) is 0 Å². The van der Waals surface area contributed by atoms with Gasteiger partial charge in [0.05, 0.1) is 6.54 Å². The van der Waals surface area contributed by atoms with Crippen LogP contribution in [0.25, 0.3) is 0 Å². The number of hydrogen-bond donors (Lipinski definition) is 3. The largest absolute Gasteiger partial charge is 0.356 e. The summed E-state index contributed by atoms with van der Waals surface area (Å²) in [6.45, 7) is 1.55. The molecule has 1 aromatic heterocycles. The minimum absolute atomic E-state index is 0.00453. The van der Waals surface area contributed by atoms with Crippen molar-refractivity contribution in [1.29, 1.82) is 0 Å². The lowest BCUT2D eigenvalue weighted by atomic mass is 10.2. The van der Waals surface area contributed by atoms with Crippen molar-refractivity contribution < 1.29 is 4.79 Å². The Balaban J connectivity index is 1.64. The summed E-state index contributed by atoms with van der Waals surface area (Å²) in [6.07, 6.45) is 1.88. The van der Waals surface area contributed by atoms with Crippen LogP contribution in [0.2, 0.25) is 0 Å². The second-order valence-electron chi connectivity index (χ2n) is 5.16. The molecule has 1 heterocycles. The topological polar surface area (TPSA) is 96.2 Å². The van der Waals surface area contributed by atoms with Crippen molar-refractivity contribution in [2.75, 3.05) is 13.6 Å². The predicted octanol–water partition coefficient (Wildman–Crippen LogP) is 0.187. The van der Waals surface area contributed by atoms with E-state index >= 15 is 0 Å². The first-order valence-electron chi connectivity index (χ1n) is 7.77. The fourth-order valence-corrected chi connectivity index (χ4v) is 2.04. The van der Waals surface area contributed by atoms with Crippen LogP contribution < -0.4 is 16.0 Å². The summed E-state index contributed by atoms with van der Waals surface area (Å²) in [5, 5.41) is 13.1. The van der Waals surface area contributed by atoms with E-state index in [1.54, 1.807) is 11.7 Å². The zero-order chi connectivity index (χ0) is 17.2. The van der Waals surface area contributed by atoms with Crippen molar-refractivity contribution in [3.63, 3.8) is 0 Å². The molecule has 0 radical (unpaired) electrons. The van der Waals surface area contributed by atoms with Crippen LogP contribution >= 0.6 is 0 Å². The van der Waals surface area contributed by atoms with E-state index in [9.17, 15) is 4.79 Å². The summed E-state index contributed by atoms with van der Waals surface area (Å²) in [6, 6.07) is 9.83. The van der Waals surface area contributed by atoms with Gasteiger partial charge in [0, 0.05) is 33.6 Å². The minimum atomic E-state index is -0.00453. The molecule has 0 aliphatic heterocycles. The van der Waals surface area contributed by atoms with Gasteiger partial charge >= 0.3 is 0 Å². The summed E-state index contributed by atoms with van der Waals surface area (Å²) >= 11 is 0. The molecule has 1 aromatic carbocycles. The first-order chi connectivity index (χ1) is 11.7. The number of rotatable bonds is 7. The third-order valence-corrected chi connectivity index (χ3v) is 3.42. The number of carbonyl (C=O) groups is 1. The fourth-order valence-electron chi connectivity index (χ4n) is 2.04. The van der Waals surface area contributed by atoms with Gasteiger partial charge in [-0.2, -0.15) is 5.10 Å². The van der Waals surface area contributed by atoms with Crippen molar-refractivity contribution in [2.45, 2.75) is 19.5 Å². The lowest BCUT2D eigenvalue weighted by Crippen LogP contribution is -2.39. The standard InChI is InChI=1S/C16H23N7O/c1-17-16(20-11-14-21-12-22-23(14)2)18-9-8-15(24)19-10-13-6-4-3-5-7-13/h3-7,12H,8-11H2,1-2H3,(H,19,24)(H2,17,18,20). The van der Waals surface area contributed by atoms with Crippen molar-refractivity contribution >= 4 is 11.9 Å². The van der Waals surface area contributed by atoms with Crippen molar-refractivity contribution in [1.82, 2.24) is 30.7 Å². The van der Waals surface area contributed by atoms with Crippen LogP contribution in [-0.4, -0.2) is 40.2 Å². The Morgan fingerprint density at radius 3 is 2.62 bits per heavy atom. The van der Waals surface area contributed by atoms with Gasteiger partial charge in [-0.15, -0.1) is 0 Å². The third-order valence-electron chi connectivity index (χ3n) is 3.42. The highest BCUT2D eigenvalue weighted by Gasteiger charge is 2.04. The molecular weight excluding hydrogens is 306 g/mol. The molecule has 0 aliphatic rings. The second-order valence-corrected chi connectivity index (χ2v) is 5.16. The first kappa shape index (κ1) is 17.5. The molecule has 0 fully saturated rings. The van der Waals surface area contributed by atoms with E-state index in [4.69, 9.17) is 0 Å². The molecular formula is C16H23N7O. The van der Waals surface area contributed by atoms with Gasteiger partial charge in [0.1, 0.15) is 12.2 Å². The Morgan fingerprint density at radius 2 is 1.96 bits per heavy atom. The number of aliphatic imine (C=N–C) groups is 1. The summed E-state index contributed by atoms with van der Waals surface area (Å²) in [5.74, 6) is 1.42. The molecule has 2 aromatic rings. The molecule has 0 unspecified atom stereocenters. The fraction of sp³-hybridized carbons (Fsp3) is 0.375. The van der Waals surface area contributed by atoms with Gasteiger partial charge in [-0.05, 0) is 5.56 Å². The minimum Gasteiger partial charge on any atom is -0.356 e. The number of aryl methyl sites for hydroxylation is 1. The zero-order valence-corrected chi connectivity index (χ0v) is 14.0. The number of nitrogens with zero attached hydrogens (tertiary/aromatic N) is 4. The Labute approximate surface area is 141 Å². The van der Waals surface area contributed by atoms with Gasteiger partial charge in [0.2, 0.25) is 5.91 Å². The van der Waals surface area contributed by atoms with E-state index in [1.165, 1.54) is 6.33 Å². The van der Waals surface area contributed by atoms with Gasteiger partial charge in [0.15, 0.2) is 5.96 Å². The molecule has 2 rings (SSSR count). The Bertz CT molecular complexity index is 666. The molecule has 1 amide bonds. The molecule has 0 atom stereocenters. The van der Waals surface area contributed by atoms with Crippen molar-refractivity contribution in [2.24, 2.45) is 12.0 Å². The SMILES string of the molecule is CN=C(NCCC(=O)NCc1ccccc1)NCc1ncnn1C. The number of aromatic nitrogens is 3. The van der Waals surface area contributed by atoms with Gasteiger partial charge in [-0.3, -0.25) is 14.5 Å². The van der Waals surface area contributed by atoms with Gasteiger partial charge in [-0.1, -0.05) is 30.3 Å². The lowest BCUT2D eigenvalue weighted by Gasteiger charge is -2.11. The van der Waals surface area contributed by atoms with Gasteiger partial charge in [-0.25, -0.2) is 4.98 Å². The molecule has 0 aliphatic carbocycles. The number of carbonyl (C=O) groups excluding carboxylic acids is 1. The molecule has 128 valence electrons. The van der Waals surface area contributed by atoms with Crippen LogP contribution in [0.5, 0.6) is 0 Å². The summed E-state index contributed by atoms with van der Waals surface area (Å²) in [4.78, 5) is 20.1. The Kier molecular flexibility index (Phi) is 6.75. The maximum atomic E-state index is 11.8. The van der Waals surface area contributed by atoms with Crippen molar-refractivity contribution in [3.05, 3.63) is 48.0 Å². The first-order valence-corrected chi connectivity index (χ1v) is 7.77. The average molecular weight is 329 g/mol. The highest BCUT2D eigenvalue weighted by Crippen LogP contribution is 1.97. The number of nitrogens with one attached hydrogen (secondary N) is 3. The van der Waals surface area contributed by atoms with E-state index in [0.29, 0.717) is 32.0 Å². The number of amides is 1. The van der Waals surface area contributed by atoms with Crippen LogP contribution in [0, 0.1) is 0 Å². The molecule has 3 N–H and O–H groups in total. The normalized spacial score (nSPS) is 11.2. The van der Waals surface area contributed by atoms with Crippen LogP contribution in [0.15, 0.2) is 41.7 Å². The highest BCUT2D eigenvalue weighted by molar-refractivity contribution is 5.81. The maximum Gasteiger partial charge on any atom is 0.222 e. The van der Waals surface area contributed by atoms with E-state index < -0.39 is 0 Å². The van der Waals surface area contributed by atoms with E-state index in [2.05, 4.69) is 31.0 Å². The summed E-state index contributed by atoms with van der Waals surface area (Å²) in [5.41, 5.74) is 1.08. The molecule has 0 bridgehead atoms. The smallest absolute Gasteiger partial charge is 0.222 e. The number of hydrogen-bond acceptors (Lipinski definition) is 4.